The van der Waals surface area contributed by atoms with E-state index in [1.807, 2.05) is 18.2 Å². The lowest BCUT2D eigenvalue weighted by atomic mass is 10.2. The minimum Gasteiger partial charge on any atom is -0.288 e. The van der Waals surface area contributed by atoms with Crippen LogP contribution < -0.4 is 11.0 Å². The summed E-state index contributed by atoms with van der Waals surface area (Å²) in [5.74, 6) is 0. The van der Waals surface area contributed by atoms with Gasteiger partial charge in [0, 0.05) is 0 Å². The van der Waals surface area contributed by atoms with Crippen molar-refractivity contribution in [1.82, 2.24) is 16.1 Å². The van der Waals surface area contributed by atoms with Gasteiger partial charge in [0.1, 0.15) is 6.34 Å². The number of hydrogen-bond acceptors (Lipinski definition) is 4. The van der Waals surface area contributed by atoms with Crippen molar-refractivity contribution < 1.29 is 0 Å². The summed E-state index contributed by atoms with van der Waals surface area (Å²) in [6.45, 7) is 0.792. The van der Waals surface area contributed by atoms with Crippen LogP contribution in [0.15, 0.2) is 35.4 Å². The minimum atomic E-state index is 0.792. The number of hydrazine groups is 2. The predicted octanol–water partition coefficient (Wildman–Crippen LogP) is 0.455. The van der Waals surface area contributed by atoms with E-state index in [9.17, 15) is 0 Å². The molecule has 0 saturated heterocycles. The first-order valence-corrected chi connectivity index (χ1v) is 3.80. The normalized spacial score (nSPS) is 15.7. The van der Waals surface area contributed by atoms with Gasteiger partial charge in [-0.15, -0.1) is 5.12 Å². The molecule has 0 amide bonds. The summed E-state index contributed by atoms with van der Waals surface area (Å²) >= 11 is 0. The van der Waals surface area contributed by atoms with E-state index < -0.39 is 0 Å². The first kappa shape index (κ1) is 7.12. The molecule has 0 bridgehead atoms. The Balaban J connectivity index is 1.95. The zero-order chi connectivity index (χ0) is 8.23. The van der Waals surface area contributed by atoms with E-state index >= 15 is 0 Å². The van der Waals surface area contributed by atoms with E-state index in [0.29, 0.717) is 0 Å². The van der Waals surface area contributed by atoms with Crippen LogP contribution in [0.3, 0.4) is 0 Å². The van der Waals surface area contributed by atoms with Crippen molar-refractivity contribution in [2.24, 2.45) is 5.10 Å². The van der Waals surface area contributed by atoms with Crippen molar-refractivity contribution in [1.29, 1.82) is 0 Å². The molecule has 4 heteroatoms. The lowest BCUT2D eigenvalue weighted by Crippen LogP contribution is -2.38. The highest BCUT2D eigenvalue weighted by Gasteiger charge is 2.04. The average molecular weight is 162 g/mol. The van der Waals surface area contributed by atoms with E-state index in [1.165, 1.54) is 5.56 Å². The van der Waals surface area contributed by atoms with Gasteiger partial charge in [0.25, 0.3) is 0 Å². The first-order valence-electron chi connectivity index (χ1n) is 3.80. The molecule has 1 aromatic carbocycles. The van der Waals surface area contributed by atoms with Gasteiger partial charge in [-0.05, 0) is 5.56 Å². The molecule has 0 fully saturated rings. The molecule has 12 heavy (non-hydrogen) atoms. The molecule has 1 aromatic rings. The quantitative estimate of drug-likeness (QED) is 0.663. The number of rotatable bonds is 2. The minimum absolute atomic E-state index is 0.792. The average Bonchev–Trinajstić information content (AvgIpc) is 2.59. The maximum absolute atomic E-state index is 3.80. The molecule has 2 N–H and O–H groups in total. The maximum Gasteiger partial charge on any atom is 0.126 e. The van der Waals surface area contributed by atoms with Gasteiger partial charge in [-0.3, -0.25) is 5.43 Å². The molecule has 2 rings (SSSR count). The highest BCUT2D eigenvalue weighted by Crippen LogP contribution is 2.00. The third-order valence-corrected chi connectivity index (χ3v) is 1.64. The second-order valence-electron chi connectivity index (χ2n) is 2.56. The van der Waals surface area contributed by atoms with Crippen LogP contribution in [0.5, 0.6) is 0 Å². The Morgan fingerprint density at radius 2 is 2.08 bits per heavy atom. The third kappa shape index (κ3) is 1.54. The molecule has 1 aliphatic rings. The van der Waals surface area contributed by atoms with Gasteiger partial charge in [-0.2, -0.15) is 5.10 Å². The molecule has 0 spiro atoms. The molecule has 0 aliphatic carbocycles. The van der Waals surface area contributed by atoms with Crippen molar-refractivity contribution in [2.75, 3.05) is 0 Å². The Kier molecular flexibility index (Phi) is 1.92. The highest BCUT2D eigenvalue weighted by molar-refractivity contribution is 5.54. The lowest BCUT2D eigenvalue weighted by Gasteiger charge is -2.13. The Labute approximate surface area is 70.8 Å². The van der Waals surface area contributed by atoms with Crippen LogP contribution >= 0.6 is 0 Å². The van der Waals surface area contributed by atoms with Gasteiger partial charge in [-0.25, -0.2) is 5.53 Å². The first-order chi connectivity index (χ1) is 5.95. The van der Waals surface area contributed by atoms with E-state index in [1.54, 1.807) is 11.5 Å². The van der Waals surface area contributed by atoms with Gasteiger partial charge in [0.05, 0.1) is 6.54 Å². The summed E-state index contributed by atoms with van der Waals surface area (Å²) < 4.78 is 0. The Bertz CT molecular complexity index is 262. The second kappa shape index (κ2) is 3.23. The molecule has 0 aromatic heterocycles. The fraction of sp³-hybridized carbons (Fsp3) is 0.125. The van der Waals surface area contributed by atoms with Gasteiger partial charge in [0.15, 0.2) is 0 Å². The summed E-state index contributed by atoms with van der Waals surface area (Å²) in [7, 11) is 0. The van der Waals surface area contributed by atoms with E-state index in [4.69, 9.17) is 0 Å². The van der Waals surface area contributed by atoms with E-state index in [2.05, 4.69) is 28.2 Å². The fourth-order valence-corrected chi connectivity index (χ4v) is 1.07. The molecule has 0 atom stereocenters. The molecule has 0 saturated carbocycles. The summed E-state index contributed by atoms with van der Waals surface area (Å²) in [6.07, 6.45) is 1.61. The van der Waals surface area contributed by atoms with E-state index in [0.717, 1.165) is 6.54 Å². The highest BCUT2D eigenvalue weighted by atomic mass is 15.8. The smallest absolute Gasteiger partial charge is 0.126 e. The zero-order valence-electron chi connectivity index (χ0n) is 6.57. The van der Waals surface area contributed by atoms with E-state index in [-0.39, 0.29) is 0 Å². The Morgan fingerprint density at radius 1 is 1.25 bits per heavy atom. The van der Waals surface area contributed by atoms with Crippen LogP contribution in [0.2, 0.25) is 0 Å². The van der Waals surface area contributed by atoms with Crippen LogP contribution in [0.25, 0.3) is 0 Å². The van der Waals surface area contributed by atoms with Gasteiger partial charge < -0.3 is 0 Å². The number of hydrogen-bond donors (Lipinski definition) is 2. The summed E-state index contributed by atoms with van der Waals surface area (Å²) in [4.78, 5) is 0. The summed E-state index contributed by atoms with van der Waals surface area (Å²) in [5.41, 5.74) is 6.97. The molecule has 1 heterocycles. The summed E-state index contributed by atoms with van der Waals surface area (Å²) in [5, 5.41) is 5.60. The number of nitrogens with one attached hydrogen (secondary N) is 2. The largest absolute Gasteiger partial charge is 0.288 e. The zero-order valence-corrected chi connectivity index (χ0v) is 6.57. The Hall–Kier alpha value is -1.55. The van der Waals surface area contributed by atoms with Gasteiger partial charge in [0.2, 0.25) is 0 Å². The molecule has 0 radical (unpaired) electrons. The standard InChI is InChI=1S/C8H10N4/c1-2-4-8(5-3-1)6-12-10-7-9-11-12/h1-5,7,11H,6H2,(H,9,10). The maximum atomic E-state index is 3.80. The van der Waals surface area contributed by atoms with Crippen molar-refractivity contribution in [3.05, 3.63) is 35.9 Å². The monoisotopic (exact) mass is 162 g/mol. The number of hydrazone groups is 1. The van der Waals surface area contributed by atoms with Gasteiger partial charge >= 0.3 is 0 Å². The van der Waals surface area contributed by atoms with Crippen molar-refractivity contribution in [3.63, 3.8) is 0 Å². The molecule has 1 aliphatic heterocycles. The second-order valence-corrected chi connectivity index (χ2v) is 2.56. The van der Waals surface area contributed by atoms with Crippen molar-refractivity contribution in [2.45, 2.75) is 6.54 Å². The molecular weight excluding hydrogens is 152 g/mol. The SMILES string of the molecule is C1=NNN(Cc2ccccc2)N1. The summed E-state index contributed by atoms with van der Waals surface area (Å²) in [6, 6.07) is 10.2. The van der Waals surface area contributed by atoms with Crippen LogP contribution in [0.4, 0.5) is 0 Å². The predicted molar refractivity (Wildman–Crippen MR) is 46.7 cm³/mol. The molecule has 4 nitrogen and oxygen atoms in total. The van der Waals surface area contributed by atoms with Crippen LogP contribution in [0.1, 0.15) is 5.56 Å². The fourth-order valence-electron chi connectivity index (χ4n) is 1.07. The van der Waals surface area contributed by atoms with Crippen molar-refractivity contribution >= 4 is 6.34 Å². The molecule has 0 unspecified atom stereocenters. The van der Waals surface area contributed by atoms with Gasteiger partial charge in [-0.1, -0.05) is 30.3 Å². The van der Waals surface area contributed by atoms with Crippen molar-refractivity contribution in [3.8, 4) is 0 Å². The number of nitrogens with zero attached hydrogens (tertiary/aromatic N) is 2. The number of benzene rings is 1. The lowest BCUT2D eigenvalue weighted by molar-refractivity contribution is 0.171. The third-order valence-electron chi connectivity index (χ3n) is 1.64. The molecule has 62 valence electrons. The Morgan fingerprint density at radius 3 is 2.75 bits per heavy atom. The van der Waals surface area contributed by atoms with Crippen LogP contribution in [-0.4, -0.2) is 11.5 Å². The topological polar surface area (TPSA) is 39.7 Å². The van der Waals surface area contributed by atoms with Crippen LogP contribution in [0, 0.1) is 0 Å². The van der Waals surface area contributed by atoms with Crippen LogP contribution in [-0.2, 0) is 6.54 Å². The molecular formula is C8H10N4.